The number of carboxylic acids is 1. The van der Waals surface area contributed by atoms with Gasteiger partial charge in [-0.3, -0.25) is 0 Å². The molecule has 0 radical (unpaired) electrons. The summed E-state index contributed by atoms with van der Waals surface area (Å²) in [7, 11) is 0. The zero-order chi connectivity index (χ0) is 20.1. The largest absolute Gasteiger partial charge is 0.486 e. The molecule has 0 aromatic heterocycles. The summed E-state index contributed by atoms with van der Waals surface area (Å²) < 4.78 is 6.79. The summed E-state index contributed by atoms with van der Waals surface area (Å²) in [5.41, 5.74) is 2.77. The lowest BCUT2D eigenvalue weighted by atomic mass is 10.1. The SMILES string of the molecule is O=C(O)c1cccc(NCc2cc(Cl)c(OCc3ccc(Br)cc3)c(Cl)c2)c1. The van der Waals surface area contributed by atoms with Crippen LogP contribution in [0.4, 0.5) is 5.69 Å². The Labute approximate surface area is 181 Å². The second kappa shape index (κ2) is 9.32. The molecule has 0 saturated carbocycles. The smallest absolute Gasteiger partial charge is 0.335 e. The third-order valence-electron chi connectivity index (χ3n) is 3.96. The Balaban J connectivity index is 1.66. The minimum atomic E-state index is -0.970. The predicted octanol–water partition coefficient (Wildman–Crippen LogP) is 6.65. The van der Waals surface area contributed by atoms with Crippen molar-refractivity contribution in [2.75, 3.05) is 5.32 Å². The minimum absolute atomic E-state index is 0.220. The molecule has 0 aliphatic carbocycles. The van der Waals surface area contributed by atoms with Crippen molar-refractivity contribution in [3.8, 4) is 5.75 Å². The van der Waals surface area contributed by atoms with E-state index < -0.39 is 5.97 Å². The molecule has 144 valence electrons. The van der Waals surface area contributed by atoms with Gasteiger partial charge in [0.15, 0.2) is 5.75 Å². The molecule has 2 N–H and O–H groups in total. The van der Waals surface area contributed by atoms with E-state index in [9.17, 15) is 4.79 Å². The lowest BCUT2D eigenvalue weighted by Crippen LogP contribution is -2.03. The Morgan fingerprint density at radius 3 is 2.32 bits per heavy atom. The highest BCUT2D eigenvalue weighted by atomic mass is 79.9. The molecule has 0 spiro atoms. The molecule has 0 unspecified atom stereocenters. The van der Waals surface area contributed by atoms with Gasteiger partial charge in [-0.2, -0.15) is 0 Å². The Hall–Kier alpha value is -2.21. The van der Waals surface area contributed by atoms with Crippen molar-refractivity contribution in [2.24, 2.45) is 0 Å². The summed E-state index contributed by atoms with van der Waals surface area (Å²) >= 11 is 16.1. The fraction of sp³-hybridized carbons (Fsp3) is 0.0952. The van der Waals surface area contributed by atoms with Gasteiger partial charge in [0.2, 0.25) is 0 Å². The number of carbonyl (C=O) groups is 1. The number of anilines is 1. The minimum Gasteiger partial charge on any atom is -0.486 e. The number of hydrogen-bond acceptors (Lipinski definition) is 3. The highest BCUT2D eigenvalue weighted by Crippen LogP contribution is 2.35. The average Bonchev–Trinajstić information content (AvgIpc) is 2.67. The first-order valence-electron chi connectivity index (χ1n) is 8.35. The molecule has 0 atom stereocenters. The molecule has 0 bridgehead atoms. The average molecular weight is 481 g/mol. The fourth-order valence-corrected chi connectivity index (χ4v) is 3.46. The Kier molecular flexibility index (Phi) is 6.83. The molecule has 0 aliphatic heterocycles. The number of benzene rings is 3. The standard InChI is InChI=1S/C21H16BrCl2NO3/c22-16-6-4-13(5-7-16)12-28-20-18(23)8-14(9-19(20)24)11-25-17-3-1-2-15(10-17)21(26)27/h1-10,25H,11-12H2,(H,26,27). The van der Waals surface area contributed by atoms with Crippen LogP contribution in [0.3, 0.4) is 0 Å². The van der Waals surface area contributed by atoms with Gasteiger partial charge < -0.3 is 15.2 Å². The maximum absolute atomic E-state index is 11.1. The predicted molar refractivity (Wildman–Crippen MR) is 116 cm³/mol. The molecule has 28 heavy (non-hydrogen) atoms. The maximum Gasteiger partial charge on any atom is 0.335 e. The maximum atomic E-state index is 11.1. The molecule has 0 heterocycles. The molecule has 0 fully saturated rings. The van der Waals surface area contributed by atoms with Crippen molar-refractivity contribution in [3.05, 3.63) is 91.9 Å². The van der Waals surface area contributed by atoms with Gasteiger partial charge in [0.05, 0.1) is 15.6 Å². The molecule has 7 heteroatoms. The van der Waals surface area contributed by atoms with Gasteiger partial charge in [0, 0.05) is 16.7 Å². The number of carboxylic acid groups (broad SMARTS) is 1. The van der Waals surface area contributed by atoms with E-state index >= 15 is 0 Å². The van der Waals surface area contributed by atoms with E-state index in [-0.39, 0.29) is 5.56 Å². The van der Waals surface area contributed by atoms with Crippen LogP contribution in [0.2, 0.25) is 10.0 Å². The van der Waals surface area contributed by atoms with E-state index in [0.717, 1.165) is 15.6 Å². The molecular formula is C21H16BrCl2NO3. The van der Waals surface area contributed by atoms with Crippen molar-refractivity contribution >= 4 is 50.8 Å². The van der Waals surface area contributed by atoms with Crippen LogP contribution in [0.5, 0.6) is 5.75 Å². The van der Waals surface area contributed by atoms with Crippen molar-refractivity contribution in [2.45, 2.75) is 13.2 Å². The van der Waals surface area contributed by atoms with E-state index in [1.165, 1.54) is 0 Å². The third-order valence-corrected chi connectivity index (χ3v) is 5.05. The zero-order valence-corrected chi connectivity index (χ0v) is 17.7. The molecule has 0 amide bonds. The lowest BCUT2D eigenvalue weighted by Gasteiger charge is -2.13. The summed E-state index contributed by atoms with van der Waals surface area (Å²) in [6.07, 6.45) is 0. The Bertz CT molecular complexity index is 970. The van der Waals surface area contributed by atoms with E-state index in [1.807, 2.05) is 24.3 Å². The molecule has 3 aromatic rings. The third kappa shape index (κ3) is 5.41. The van der Waals surface area contributed by atoms with Crippen molar-refractivity contribution in [3.63, 3.8) is 0 Å². The van der Waals surface area contributed by atoms with Gasteiger partial charge >= 0.3 is 5.97 Å². The molecule has 4 nitrogen and oxygen atoms in total. The van der Waals surface area contributed by atoms with Gasteiger partial charge in [-0.25, -0.2) is 4.79 Å². The fourth-order valence-electron chi connectivity index (χ4n) is 2.55. The quantitative estimate of drug-likeness (QED) is 0.397. The number of nitrogens with one attached hydrogen (secondary N) is 1. The van der Waals surface area contributed by atoms with Crippen LogP contribution in [-0.4, -0.2) is 11.1 Å². The number of hydrogen-bond donors (Lipinski definition) is 2. The summed E-state index contributed by atoms with van der Waals surface area (Å²) in [6.45, 7) is 0.793. The van der Waals surface area contributed by atoms with E-state index in [4.69, 9.17) is 33.0 Å². The lowest BCUT2D eigenvalue weighted by molar-refractivity contribution is 0.0697. The van der Waals surface area contributed by atoms with Crippen LogP contribution in [0.15, 0.2) is 65.1 Å². The molecule has 0 saturated heterocycles. The van der Waals surface area contributed by atoms with Crippen molar-refractivity contribution in [1.82, 2.24) is 0 Å². The molecule has 0 aliphatic rings. The number of ether oxygens (including phenoxy) is 1. The van der Waals surface area contributed by atoms with E-state index in [1.54, 1.807) is 36.4 Å². The normalized spacial score (nSPS) is 10.5. The van der Waals surface area contributed by atoms with Crippen LogP contribution in [0.25, 0.3) is 0 Å². The van der Waals surface area contributed by atoms with Gasteiger partial charge in [-0.15, -0.1) is 0 Å². The first kappa shape index (κ1) is 20.5. The monoisotopic (exact) mass is 479 g/mol. The second-order valence-corrected chi connectivity index (χ2v) is 7.77. The van der Waals surface area contributed by atoms with Crippen LogP contribution in [0.1, 0.15) is 21.5 Å². The first-order chi connectivity index (χ1) is 13.4. The Morgan fingerprint density at radius 1 is 1.00 bits per heavy atom. The van der Waals surface area contributed by atoms with Crippen LogP contribution < -0.4 is 10.1 Å². The summed E-state index contributed by atoms with van der Waals surface area (Å²) in [5, 5.41) is 13.1. The topological polar surface area (TPSA) is 58.6 Å². The summed E-state index contributed by atoms with van der Waals surface area (Å²) in [6, 6.07) is 17.9. The number of aromatic carboxylic acids is 1. The summed E-state index contributed by atoms with van der Waals surface area (Å²) in [5.74, 6) is -0.537. The van der Waals surface area contributed by atoms with Crippen LogP contribution in [0, 0.1) is 0 Å². The highest BCUT2D eigenvalue weighted by Gasteiger charge is 2.11. The Morgan fingerprint density at radius 2 is 1.68 bits per heavy atom. The van der Waals surface area contributed by atoms with Crippen LogP contribution >= 0.6 is 39.1 Å². The van der Waals surface area contributed by atoms with Crippen molar-refractivity contribution < 1.29 is 14.6 Å². The van der Waals surface area contributed by atoms with Gasteiger partial charge in [-0.05, 0) is 53.6 Å². The van der Waals surface area contributed by atoms with E-state index in [2.05, 4.69) is 21.2 Å². The summed E-state index contributed by atoms with van der Waals surface area (Å²) in [4.78, 5) is 11.1. The van der Waals surface area contributed by atoms with E-state index in [0.29, 0.717) is 34.6 Å². The van der Waals surface area contributed by atoms with Gasteiger partial charge in [0.25, 0.3) is 0 Å². The van der Waals surface area contributed by atoms with Crippen LogP contribution in [-0.2, 0) is 13.2 Å². The molecular weight excluding hydrogens is 465 g/mol. The van der Waals surface area contributed by atoms with Crippen molar-refractivity contribution in [1.29, 1.82) is 0 Å². The number of rotatable bonds is 7. The first-order valence-corrected chi connectivity index (χ1v) is 9.89. The molecule has 3 rings (SSSR count). The van der Waals surface area contributed by atoms with Gasteiger partial charge in [0.1, 0.15) is 6.61 Å². The van der Waals surface area contributed by atoms with Gasteiger partial charge in [-0.1, -0.05) is 57.3 Å². The highest BCUT2D eigenvalue weighted by molar-refractivity contribution is 9.10. The number of halogens is 3. The second-order valence-electron chi connectivity index (χ2n) is 6.04. The molecule has 3 aromatic carbocycles. The zero-order valence-electron chi connectivity index (χ0n) is 14.6.